The highest BCUT2D eigenvalue weighted by atomic mass is 32.2. The number of halogens is 3. The molecule has 0 aromatic rings. The van der Waals surface area contributed by atoms with E-state index >= 15 is 0 Å². The average molecular weight is 304 g/mol. The standard InChI is InChI=1S/C10H19F3N2O3S/c1-9(2,3)14-6-8-7-15(4-5-18-8)19(16,17)10(11,12)13/h8,14H,4-7H2,1-3H3/t8-/m1/s1. The summed E-state index contributed by atoms with van der Waals surface area (Å²) in [4.78, 5) is 0. The molecule has 0 spiro atoms. The molecule has 0 radical (unpaired) electrons. The highest BCUT2D eigenvalue weighted by Crippen LogP contribution is 2.28. The summed E-state index contributed by atoms with van der Waals surface area (Å²) in [6.45, 7) is 5.41. The van der Waals surface area contributed by atoms with Crippen LogP contribution in [0.15, 0.2) is 0 Å². The van der Waals surface area contributed by atoms with Gasteiger partial charge in [0.1, 0.15) is 0 Å². The first-order valence-corrected chi connectivity index (χ1v) is 7.30. The van der Waals surface area contributed by atoms with Crippen molar-refractivity contribution < 1.29 is 26.3 Å². The predicted molar refractivity (Wildman–Crippen MR) is 64.0 cm³/mol. The fraction of sp³-hybridized carbons (Fsp3) is 1.00. The van der Waals surface area contributed by atoms with Crippen LogP contribution >= 0.6 is 0 Å². The van der Waals surface area contributed by atoms with E-state index in [1.807, 2.05) is 20.8 Å². The van der Waals surface area contributed by atoms with Gasteiger partial charge < -0.3 is 10.1 Å². The molecule has 1 atom stereocenters. The molecule has 1 aliphatic rings. The van der Waals surface area contributed by atoms with E-state index < -0.39 is 21.6 Å². The Morgan fingerprint density at radius 3 is 2.37 bits per heavy atom. The lowest BCUT2D eigenvalue weighted by Crippen LogP contribution is -2.53. The lowest BCUT2D eigenvalue weighted by molar-refractivity contribution is -0.0571. The summed E-state index contributed by atoms with van der Waals surface area (Å²) in [5.41, 5.74) is -5.47. The Balaban J connectivity index is 2.65. The Kier molecular flexibility index (Phi) is 4.87. The van der Waals surface area contributed by atoms with E-state index in [1.54, 1.807) is 0 Å². The molecule has 19 heavy (non-hydrogen) atoms. The molecule has 9 heteroatoms. The van der Waals surface area contributed by atoms with Crippen molar-refractivity contribution in [3.05, 3.63) is 0 Å². The second-order valence-corrected chi connectivity index (χ2v) is 7.36. The summed E-state index contributed by atoms with van der Waals surface area (Å²) in [5.74, 6) is 0. The van der Waals surface area contributed by atoms with E-state index in [9.17, 15) is 21.6 Å². The van der Waals surface area contributed by atoms with Gasteiger partial charge >= 0.3 is 15.5 Å². The molecule has 1 N–H and O–H groups in total. The quantitative estimate of drug-likeness (QED) is 0.842. The van der Waals surface area contributed by atoms with Crippen molar-refractivity contribution in [2.45, 2.75) is 37.9 Å². The molecule has 1 heterocycles. The Hall–Kier alpha value is -0.380. The van der Waals surface area contributed by atoms with Crippen LogP contribution in [0.25, 0.3) is 0 Å². The molecular weight excluding hydrogens is 285 g/mol. The van der Waals surface area contributed by atoms with Crippen molar-refractivity contribution in [3.8, 4) is 0 Å². The highest BCUT2D eigenvalue weighted by Gasteiger charge is 2.50. The Bertz CT molecular complexity index is 403. The van der Waals surface area contributed by atoms with E-state index in [0.717, 1.165) is 0 Å². The van der Waals surface area contributed by atoms with Crippen LogP contribution < -0.4 is 5.32 Å². The largest absolute Gasteiger partial charge is 0.511 e. The molecule has 0 unspecified atom stereocenters. The van der Waals surface area contributed by atoms with Crippen molar-refractivity contribution >= 4 is 10.0 Å². The molecule has 0 aromatic carbocycles. The lowest BCUT2D eigenvalue weighted by Gasteiger charge is -2.34. The summed E-state index contributed by atoms with van der Waals surface area (Å²) >= 11 is 0. The maximum absolute atomic E-state index is 12.4. The lowest BCUT2D eigenvalue weighted by atomic mass is 10.1. The normalized spacial score (nSPS) is 23.6. The molecule has 0 amide bonds. The monoisotopic (exact) mass is 304 g/mol. The third kappa shape index (κ3) is 4.59. The Labute approximate surface area is 111 Å². The minimum absolute atomic E-state index is 0.0359. The Morgan fingerprint density at radius 2 is 1.89 bits per heavy atom. The third-order valence-corrected chi connectivity index (χ3v) is 4.19. The molecule has 1 fully saturated rings. The fourth-order valence-electron chi connectivity index (χ4n) is 1.60. The van der Waals surface area contributed by atoms with Gasteiger partial charge in [-0.15, -0.1) is 0 Å². The number of hydrogen-bond acceptors (Lipinski definition) is 4. The van der Waals surface area contributed by atoms with Crippen molar-refractivity contribution in [2.75, 3.05) is 26.2 Å². The van der Waals surface area contributed by atoms with Crippen LogP contribution in [0, 0.1) is 0 Å². The van der Waals surface area contributed by atoms with Crippen LogP contribution in [0.2, 0.25) is 0 Å². The maximum atomic E-state index is 12.4. The van der Waals surface area contributed by atoms with Gasteiger partial charge in [0.25, 0.3) is 0 Å². The highest BCUT2D eigenvalue weighted by molar-refractivity contribution is 7.90. The average Bonchev–Trinajstić information content (AvgIpc) is 2.24. The van der Waals surface area contributed by atoms with Crippen molar-refractivity contribution in [1.82, 2.24) is 9.62 Å². The molecule has 0 aliphatic carbocycles. The molecule has 1 aliphatic heterocycles. The molecule has 0 bridgehead atoms. The van der Waals surface area contributed by atoms with E-state index in [1.165, 1.54) is 0 Å². The maximum Gasteiger partial charge on any atom is 0.511 e. The number of rotatable bonds is 3. The molecule has 0 saturated carbocycles. The van der Waals surface area contributed by atoms with Crippen LogP contribution in [0.1, 0.15) is 20.8 Å². The van der Waals surface area contributed by atoms with Crippen molar-refractivity contribution in [2.24, 2.45) is 0 Å². The van der Waals surface area contributed by atoms with Gasteiger partial charge in [-0.3, -0.25) is 0 Å². The minimum atomic E-state index is -5.26. The van der Waals surface area contributed by atoms with Crippen molar-refractivity contribution in [3.63, 3.8) is 0 Å². The number of nitrogens with one attached hydrogen (secondary N) is 1. The van der Waals surface area contributed by atoms with Gasteiger partial charge in [0.15, 0.2) is 0 Å². The Morgan fingerprint density at radius 1 is 1.32 bits per heavy atom. The van der Waals surface area contributed by atoms with Gasteiger partial charge in [0.05, 0.1) is 12.7 Å². The zero-order valence-corrected chi connectivity index (χ0v) is 11.9. The summed E-state index contributed by atoms with van der Waals surface area (Å²) in [6.07, 6.45) is -0.579. The molecular formula is C10H19F3N2O3S. The van der Waals surface area contributed by atoms with Crippen LogP contribution in [0.5, 0.6) is 0 Å². The number of hydrogen-bond donors (Lipinski definition) is 1. The first kappa shape index (κ1) is 16.7. The molecule has 0 aromatic heterocycles. The summed E-state index contributed by atoms with van der Waals surface area (Å²) in [5, 5.41) is 3.07. The zero-order chi connectivity index (χ0) is 14.9. The van der Waals surface area contributed by atoms with Crippen LogP contribution in [-0.4, -0.2) is 56.1 Å². The van der Waals surface area contributed by atoms with E-state index in [2.05, 4.69) is 5.32 Å². The fourth-order valence-corrected chi connectivity index (χ4v) is 2.57. The molecule has 114 valence electrons. The van der Waals surface area contributed by atoms with Crippen LogP contribution in [0.4, 0.5) is 13.2 Å². The van der Waals surface area contributed by atoms with Gasteiger partial charge in [-0.1, -0.05) is 0 Å². The zero-order valence-electron chi connectivity index (χ0n) is 11.1. The molecule has 1 saturated heterocycles. The first-order valence-electron chi connectivity index (χ1n) is 5.86. The van der Waals surface area contributed by atoms with Crippen LogP contribution in [-0.2, 0) is 14.8 Å². The van der Waals surface area contributed by atoms with E-state index in [-0.39, 0.29) is 25.2 Å². The van der Waals surface area contributed by atoms with Gasteiger partial charge in [0, 0.05) is 25.2 Å². The molecule has 1 rings (SSSR count). The van der Waals surface area contributed by atoms with Gasteiger partial charge in [-0.25, -0.2) is 8.42 Å². The van der Waals surface area contributed by atoms with Crippen molar-refractivity contribution in [1.29, 1.82) is 0 Å². The minimum Gasteiger partial charge on any atom is -0.374 e. The summed E-state index contributed by atoms with van der Waals surface area (Å²) in [7, 11) is -5.26. The molecule has 5 nitrogen and oxygen atoms in total. The smallest absolute Gasteiger partial charge is 0.374 e. The second kappa shape index (κ2) is 5.55. The van der Waals surface area contributed by atoms with Crippen LogP contribution in [0.3, 0.4) is 0 Å². The number of nitrogens with zero attached hydrogens (tertiary/aromatic N) is 1. The number of alkyl halides is 3. The number of morpholine rings is 1. The predicted octanol–water partition coefficient (Wildman–Crippen LogP) is 0.925. The van der Waals surface area contributed by atoms with E-state index in [0.29, 0.717) is 10.8 Å². The van der Waals surface area contributed by atoms with E-state index in [4.69, 9.17) is 4.74 Å². The summed E-state index contributed by atoms with van der Waals surface area (Å²) in [6, 6.07) is 0. The third-order valence-electron chi connectivity index (χ3n) is 2.59. The van der Waals surface area contributed by atoms with Gasteiger partial charge in [-0.05, 0) is 20.8 Å². The summed E-state index contributed by atoms with van der Waals surface area (Å²) < 4.78 is 65.6. The first-order chi connectivity index (χ1) is 8.43. The topological polar surface area (TPSA) is 58.6 Å². The second-order valence-electron chi connectivity index (χ2n) is 5.43. The number of sulfonamides is 1. The van der Waals surface area contributed by atoms with Gasteiger partial charge in [-0.2, -0.15) is 17.5 Å². The SMILES string of the molecule is CC(C)(C)NC[C@@H]1CN(S(=O)(=O)C(F)(F)F)CCO1. The van der Waals surface area contributed by atoms with Gasteiger partial charge in [0.2, 0.25) is 0 Å². The number of ether oxygens (including phenoxy) is 1.